The summed E-state index contributed by atoms with van der Waals surface area (Å²) in [5.74, 6) is 0.582. The number of carbonyl (C=O) groups is 2. The molecule has 2 amide bonds. The van der Waals surface area contributed by atoms with E-state index >= 15 is 0 Å². The summed E-state index contributed by atoms with van der Waals surface area (Å²) >= 11 is 1.67. The SMILES string of the molecule is CCC(C(=O)NC)N(Cc1ccccc1)C(=O)CCSc1ccc(C)cc1. The van der Waals surface area contributed by atoms with Crippen molar-refractivity contribution in [2.75, 3.05) is 12.8 Å². The number of amides is 2. The fraction of sp³-hybridized carbons (Fsp3) is 0.364. The van der Waals surface area contributed by atoms with Crippen molar-refractivity contribution in [3.8, 4) is 0 Å². The Morgan fingerprint density at radius 1 is 1.07 bits per heavy atom. The third kappa shape index (κ3) is 6.43. The Balaban J connectivity index is 2.05. The zero-order chi connectivity index (χ0) is 19.6. The molecule has 0 aromatic heterocycles. The molecule has 1 N–H and O–H groups in total. The molecule has 0 saturated heterocycles. The van der Waals surface area contributed by atoms with Gasteiger partial charge in [0.05, 0.1) is 0 Å². The van der Waals surface area contributed by atoms with E-state index in [1.54, 1.807) is 23.7 Å². The summed E-state index contributed by atoms with van der Waals surface area (Å²) in [4.78, 5) is 28.1. The Bertz CT molecular complexity index is 732. The highest BCUT2D eigenvalue weighted by Crippen LogP contribution is 2.21. The van der Waals surface area contributed by atoms with Crippen molar-refractivity contribution in [2.24, 2.45) is 0 Å². The van der Waals surface area contributed by atoms with Crippen LogP contribution in [0.15, 0.2) is 59.5 Å². The van der Waals surface area contributed by atoms with Crippen LogP contribution in [0.4, 0.5) is 0 Å². The van der Waals surface area contributed by atoms with E-state index in [-0.39, 0.29) is 11.8 Å². The van der Waals surface area contributed by atoms with Gasteiger partial charge in [-0.2, -0.15) is 0 Å². The molecular weight excluding hydrogens is 356 g/mol. The Morgan fingerprint density at radius 3 is 2.33 bits per heavy atom. The molecule has 0 aliphatic carbocycles. The summed E-state index contributed by atoms with van der Waals surface area (Å²) in [5.41, 5.74) is 2.25. The molecule has 0 radical (unpaired) electrons. The summed E-state index contributed by atoms with van der Waals surface area (Å²) in [6, 6.07) is 17.7. The van der Waals surface area contributed by atoms with Crippen LogP contribution in [0.5, 0.6) is 0 Å². The molecule has 2 aromatic rings. The second-order valence-electron chi connectivity index (χ2n) is 6.46. The Kier molecular flexibility index (Phi) is 8.40. The largest absolute Gasteiger partial charge is 0.357 e. The Labute approximate surface area is 166 Å². The maximum absolute atomic E-state index is 12.9. The van der Waals surface area contributed by atoms with Crippen LogP contribution in [-0.2, 0) is 16.1 Å². The summed E-state index contributed by atoms with van der Waals surface area (Å²) in [6.45, 7) is 4.44. The number of nitrogens with one attached hydrogen (secondary N) is 1. The standard InChI is InChI=1S/C22H28N2O2S/c1-4-20(22(26)23-3)24(16-18-8-6-5-7-9-18)21(25)14-15-27-19-12-10-17(2)11-13-19/h5-13,20H,4,14-16H2,1-3H3,(H,23,26). The smallest absolute Gasteiger partial charge is 0.242 e. The van der Waals surface area contributed by atoms with E-state index in [1.165, 1.54) is 5.56 Å². The highest BCUT2D eigenvalue weighted by atomic mass is 32.2. The lowest BCUT2D eigenvalue weighted by Crippen LogP contribution is -2.48. The number of benzene rings is 2. The van der Waals surface area contributed by atoms with E-state index in [2.05, 4.69) is 36.5 Å². The van der Waals surface area contributed by atoms with E-state index in [0.29, 0.717) is 25.1 Å². The van der Waals surface area contributed by atoms with Crippen molar-refractivity contribution in [3.63, 3.8) is 0 Å². The van der Waals surface area contributed by atoms with Gasteiger partial charge in [0.15, 0.2) is 0 Å². The molecule has 2 aromatic carbocycles. The number of nitrogens with zero attached hydrogens (tertiary/aromatic N) is 1. The highest BCUT2D eigenvalue weighted by Gasteiger charge is 2.27. The van der Waals surface area contributed by atoms with Gasteiger partial charge in [0.2, 0.25) is 11.8 Å². The van der Waals surface area contributed by atoms with E-state index in [0.717, 1.165) is 10.5 Å². The molecule has 0 bridgehead atoms. The summed E-state index contributed by atoms with van der Waals surface area (Å²) in [5, 5.41) is 2.69. The number of aryl methyl sites for hydroxylation is 1. The molecule has 2 rings (SSSR count). The van der Waals surface area contributed by atoms with Crippen LogP contribution in [0.2, 0.25) is 0 Å². The molecule has 0 aliphatic rings. The lowest BCUT2D eigenvalue weighted by Gasteiger charge is -2.30. The van der Waals surface area contributed by atoms with E-state index in [1.807, 2.05) is 37.3 Å². The van der Waals surface area contributed by atoms with Gasteiger partial charge in [-0.15, -0.1) is 11.8 Å². The van der Waals surface area contributed by atoms with Gasteiger partial charge < -0.3 is 10.2 Å². The molecule has 0 saturated carbocycles. The zero-order valence-electron chi connectivity index (χ0n) is 16.3. The third-order valence-corrected chi connectivity index (χ3v) is 5.45. The first kappa shape index (κ1) is 21.0. The number of thioether (sulfide) groups is 1. The molecule has 5 heteroatoms. The Hall–Kier alpha value is -2.27. The van der Waals surface area contributed by atoms with Gasteiger partial charge in [-0.1, -0.05) is 55.0 Å². The number of rotatable bonds is 9. The monoisotopic (exact) mass is 384 g/mol. The van der Waals surface area contributed by atoms with Crippen LogP contribution in [0.1, 0.15) is 30.9 Å². The predicted molar refractivity (Wildman–Crippen MR) is 112 cm³/mol. The van der Waals surface area contributed by atoms with Crippen molar-refractivity contribution < 1.29 is 9.59 Å². The van der Waals surface area contributed by atoms with Gasteiger partial charge in [-0.25, -0.2) is 0 Å². The lowest BCUT2D eigenvalue weighted by atomic mass is 10.1. The minimum absolute atomic E-state index is 0.00825. The topological polar surface area (TPSA) is 49.4 Å². The molecule has 1 atom stereocenters. The number of carbonyl (C=O) groups excluding carboxylic acids is 2. The highest BCUT2D eigenvalue weighted by molar-refractivity contribution is 7.99. The summed E-state index contributed by atoms with van der Waals surface area (Å²) in [6.07, 6.45) is 0.988. The van der Waals surface area contributed by atoms with Gasteiger partial charge in [-0.3, -0.25) is 9.59 Å². The quantitative estimate of drug-likeness (QED) is 0.664. The Morgan fingerprint density at radius 2 is 1.74 bits per heavy atom. The van der Waals surface area contributed by atoms with Crippen molar-refractivity contribution >= 4 is 23.6 Å². The molecule has 144 valence electrons. The predicted octanol–water partition coefficient (Wildman–Crippen LogP) is 4.03. The molecule has 0 aliphatic heterocycles. The number of likely N-dealkylation sites (N-methyl/N-ethyl adjacent to an activating group) is 1. The second kappa shape index (κ2) is 10.8. The van der Waals surface area contributed by atoms with E-state index in [4.69, 9.17) is 0 Å². The van der Waals surface area contributed by atoms with E-state index in [9.17, 15) is 9.59 Å². The molecular formula is C22H28N2O2S. The van der Waals surface area contributed by atoms with Gasteiger partial charge in [0.25, 0.3) is 0 Å². The normalized spacial score (nSPS) is 11.7. The van der Waals surface area contributed by atoms with Gasteiger partial charge in [0.1, 0.15) is 6.04 Å². The van der Waals surface area contributed by atoms with Crippen LogP contribution in [0.3, 0.4) is 0 Å². The average Bonchev–Trinajstić information content (AvgIpc) is 2.69. The van der Waals surface area contributed by atoms with Gasteiger partial charge >= 0.3 is 0 Å². The molecule has 27 heavy (non-hydrogen) atoms. The average molecular weight is 385 g/mol. The van der Waals surface area contributed by atoms with Gasteiger partial charge in [0, 0.05) is 30.7 Å². The zero-order valence-corrected chi connectivity index (χ0v) is 17.1. The van der Waals surface area contributed by atoms with Crippen LogP contribution in [0, 0.1) is 6.92 Å². The maximum atomic E-state index is 12.9. The van der Waals surface area contributed by atoms with Crippen LogP contribution >= 0.6 is 11.8 Å². The molecule has 0 spiro atoms. The summed E-state index contributed by atoms with van der Waals surface area (Å²) in [7, 11) is 1.61. The molecule has 4 nitrogen and oxygen atoms in total. The molecule has 1 unspecified atom stereocenters. The van der Waals surface area contributed by atoms with Crippen molar-refractivity contribution in [2.45, 2.75) is 44.2 Å². The first-order chi connectivity index (χ1) is 13.0. The van der Waals surface area contributed by atoms with Crippen molar-refractivity contribution in [3.05, 3.63) is 65.7 Å². The number of hydrogen-bond donors (Lipinski definition) is 1. The summed E-state index contributed by atoms with van der Waals surface area (Å²) < 4.78 is 0. The van der Waals surface area contributed by atoms with Crippen LogP contribution < -0.4 is 5.32 Å². The lowest BCUT2D eigenvalue weighted by molar-refractivity contribution is -0.140. The second-order valence-corrected chi connectivity index (χ2v) is 7.63. The number of hydrogen-bond acceptors (Lipinski definition) is 3. The molecule has 0 heterocycles. The van der Waals surface area contributed by atoms with Crippen LogP contribution in [-0.4, -0.2) is 35.6 Å². The first-order valence-corrected chi connectivity index (χ1v) is 10.3. The maximum Gasteiger partial charge on any atom is 0.242 e. The van der Waals surface area contributed by atoms with Crippen molar-refractivity contribution in [1.29, 1.82) is 0 Å². The third-order valence-electron chi connectivity index (χ3n) is 4.43. The fourth-order valence-electron chi connectivity index (χ4n) is 2.90. The van der Waals surface area contributed by atoms with Crippen molar-refractivity contribution in [1.82, 2.24) is 10.2 Å². The van der Waals surface area contributed by atoms with Gasteiger partial charge in [-0.05, 0) is 31.0 Å². The van der Waals surface area contributed by atoms with Crippen LogP contribution in [0.25, 0.3) is 0 Å². The minimum atomic E-state index is -0.452. The minimum Gasteiger partial charge on any atom is -0.357 e. The first-order valence-electron chi connectivity index (χ1n) is 9.29. The molecule has 0 fully saturated rings. The van der Waals surface area contributed by atoms with E-state index < -0.39 is 6.04 Å². The fourth-order valence-corrected chi connectivity index (χ4v) is 3.74.